The van der Waals surface area contributed by atoms with Crippen molar-refractivity contribution in [3.63, 3.8) is 0 Å². The highest BCUT2D eigenvalue weighted by molar-refractivity contribution is 5.90. The molecule has 26 heavy (non-hydrogen) atoms. The van der Waals surface area contributed by atoms with Crippen LogP contribution >= 0.6 is 0 Å². The van der Waals surface area contributed by atoms with E-state index in [-0.39, 0.29) is 5.91 Å². The van der Waals surface area contributed by atoms with E-state index in [4.69, 9.17) is 4.84 Å². The normalized spacial score (nSPS) is 20.8. The topological polar surface area (TPSA) is 95.9 Å². The molecule has 142 valence electrons. The molecule has 1 aliphatic rings. The molecule has 1 saturated carbocycles. The van der Waals surface area contributed by atoms with Gasteiger partial charge in [0.15, 0.2) is 0 Å². The maximum absolute atomic E-state index is 13.0. The Kier molecular flexibility index (Phi) is 7.15. The van der Waals surface area contributed by atoms with Crippen molar-refractivity contribution in [3.05, 3.63) is 35.9 Å². The maximum atomic E-state index is 13.0. The zero-order valence-electron chi connectivity index (χ0n) is 15.2. The van der Waals surface area contributed by atoms with Gasteiger partial charge in [-0.2, -0.15) is 0 Å². The quantitative estimate of drug-likeness (QED) is 0.719. The number of hydrogen-bond donors (Lipinski definition) is 2. The minimum Gasteiger partial charge on any atom is -0.481 e. The Bertz CT molecular complexity index is 634. The third-order valence-electron chi connectivity index (χ3n) is 4.99. The van der Waals surface area contributed by atoms with Crippen molar-refractivity contribution in [2.45, 2.75) is 38.1 Å². The molecule has 3 atom stereocenters. The average molecular weight is 362 g/mol. The summed E-state index contributed by atoms with van der Waals surface area (Å²) >= 11 is 0. The fourth-order valence-electron chi connectivity index (χ4n) is 3.55. The third-order valence-corrected chi connectivity index (χ3v) is 4.99. The first-order chi connectivity index (χ1) is 12.5. The number of hydroxylamine groups is 1. The first-order valence-corrected chi connectivity index (χ1v) is 8.82. The molecule has 1 unspecified atom stereocenters. The van der Waals surface area contributed by atoms with Gasteiger partial charge in [0.2, 0.25) is 5.91 Å². The number of amides is 2. The van der Waals surface area contributed by atoms with Crippen LogP contribution in [0.3, 0.4) is 0 Å². The van der Waals surface area contributed by atoms with Gasteiger partial charge in [-0.05, 0) is 18.4 Å². The Morgan fingerprint density at radius 3 is 2.38 bits per heavy atom. The van der Waals surface area contributed by atoms with Crippen LogP contribution in [-0.2, 0) is 25.6 Å². The Balaban J connectivity index is 2.20. The van der Waals surface area contributed by atoms with E-state index in [9.17, 15) is 19.5 Å². The van der Waals surface area contributed by atoms with Gasteiger partial charge in [-0.25, -0.2) is 5.48 Å². The monoisotopic (exact) mass is 362 g/mol. The summed E-state index contributed by atoms with van der Waals surface area (Å²) in [6.45, 7) is 0. The third kappa shape index (κ3) is 4.82. The van der Waals surface area contributed by atoms with Crippen LogP contribution in [0.5, 0.6) is 0 Å². The van der Waals surface area contributed by atoms with E-state index in [1.54, 1.807) is 7.05 Å². The number of carboxylic acid groups (broad SMARTS) is 1. The van der Waals surface area contributed by atoms with E-state index in [0.29, 0.717) is 19.3 Å². The molecule has 7 heteroatoms. The van der Waals surface area contributed by atoms with Gasteiger partial charge in [-0.15, -0.1) is 0 Å². The number of aliphatic carboxylic acids is 1. The number of hydrogen-bond acceptors (Lipinski definition) is 4. The van der Waals surface area contributed by atoms with Crippen LogP contribution in [-0.4, -0.2) is 48.0 Å². The fraction of sp³-hybridized carbons (Fsp3) is 0.526. The maximum Gasteiger partial charge on any atom is 0.307 e. The molecular formula is C19H26N2O5. The van der Waals surface area contributed by atoms with E-state index in [2.05, 4.69) is 5.48 Å². The molecule has 1 aromatic rings. The van der Waals surface area contributed by atoms with E-state index >= 15 is 0 Å². The number of carbonyl (C=O) groups excluding carboxylic acids is 2. The second-order valence-corrected chi connectivity index (χ2v) is 6.66. The van der Waals surface area contributed by atoms with E-state index in [0.717, 1.165) is 18.4 Å². The van der Waals surface area contributed by atoms with Crippen molar-refractivity contribution in [1.82, 2.24) is 10.4 Å². The highest BCUT2D eigenvalue weighted by Crippen LogP contribution is 2.32. The summed E-state index contributed by atoms with van der Waals surface area (Å²) in [6, 6.07) is 8.59. The molecule has 0 aromatic heterocycles. The van der Waals surface area contributed by atoms with Crippen LogP contribution in [0.25, 0.3) is 0 Å². The van der Waals surface area contributed by atoms with Gasteiger partial charge < -0.3 is 10.0 Å². The number of benzene rings is 1. The molecule has 1 aromatic carbocycles. The first kappa shape index (κ1) is 19.9. The van der Waals surface area contributed by atoms with Crippen molar-refractivity contribution < 1.29 is 24.3 Å². The average Bonchev–Trinajstić information content (AvgIpc) is 2.66. The lowest BCUT2D eigenvalue weighted by Gasteiger charge is -2.34. The SMILES string of the molecule is CONC(=O)C(Cc1ccccc1)N(C)C(=O)[C@@H]1CCCC[C@H]1C(=O)O. The van der Waals surface area contributed by atoms with Gasteiger partial charge in [0.05, 0.1) is 18.9 Å². The van der Waals surface area contributed by atoms with Gasteiger partial charge in [-0.1, -0.05) is 43.2 Å². The minimum atomic E-state index is -0.947. The van der Waals surface area contributed by atoms with Gasteiger partial charge >= 0.3 is 5.97 Å². The van der Waals surface area contributed by atoms with Crippen LogP contribution in [0, 0.1) is 11.8 Å². The van der Waals surface area contributed by atoms with Crippen molar-refractivity contribution in [2.75, 3.05) is 14.2 Å². The molecule has 2 amide bonds. The molecule has 2 rings (SSSR count). The summed E-state index contributed by atoms with van der Waals surface area (Å²) in [5.74, 6) is -2.97. The second kappa shape index (κ2) is 9.33. The van der Waals surface area contributed by atoms with Gasteiger partial charge in [0.25, 0.3) is 5.91 Å². The molecule has 0 bridgehead atoms. The smallest absolute Gasteiger partial charge is 0.307 e. The molecule has 7 nitrogen and oxygen atoms in total. The number of carboxylic acids is 1. The number of carbonyl (C=O) groups is 3. The summed E-state index contributed by atoms with van der Waals surface area (Å²) in [5.41, 5.74) is 3.19. The molecule has 1 fully saturated rings. The van der Waals surface area contributed by atoms with Gasteiger partial charge in [0, 0.05) is 13.5 Å². The first-order valence-electron chi connectivity index (χ1n) is 8.82. The largest absolute Gasteiger partial charge is 0.481 e. The zero-order chi connectivity index (χ0) is 19.1. The van der Waals surface area contributed by atoms with Crippen molar-refractivity contribution in [3.8, 4) is 0 Å². The molecule has 0 saturated heterocycles. The number of nitrogens with one attached hydrogen (secondary N) is 1. The molecule has 0 spiro atoms. The summed E-state index contributed by atoms with van der Waals surface area (Å²) < 4.78 is 0. The predicted molar refractivity (Wildman–Crippen MR) is 94.9 cm³/mol. The summed E-state index contributed by atoms with van der Waals surface area (Å²) in [5, 5.41) is 9.44. The van der Waals surface area contributed by atoms with Crippen LogP contribution in [0.15, 0.2) is 30.3 Å². The minimum absolute atomic E-state index is 0.302. The van der Waals surface area contributed by atoms with Crippen LogP contribution in [0.1, 0.15) is 31.2 Å². The highest BCUT2D eigenvalue weighted by Gasteiger charge is 2.39. The number of likely N-dealkylation sites (N-methyl/N-ethyl adjacent to an activating group) is 1. The summed E-state index contributed by atoms with van der Waals surface area (Å²) in [6.07, 6.45) is 2.98. The number of rotatable bonds is 7. The van der Waals surface area contributed by atoms with E-state index in [1.165, 1.54) is 12.0 Å². The Morgan fingerprint density at radius 2 is 1.81 bits per heavy atom. The van der Waals surface area contributed by atoms with Crippen molar-refractivity contribution >= 4 is 17.8 Å². The standard InChI is InChI=1S/C19H26N2O5/c1-21(18(23)14-10-6-7-11-15(14)19(24)25)16(17(22)20-26-2)12-13-8-4-3-5-9-13/h3-5,8-9,14-16H,6-7,10-12H2,1-2H3,(H,20,22)(H,24,25)/t14-,15-,16?/m1/s1. The molecule has 0 aliphatic heterocycles. The second-order valence-electron chi connectivity index (χ2n) is 6.66. The Hall–Kier alpha value is -2.41. The summed E-state index contributed by atoms with van der Waals surface area (Å²) in [4.78, 5) is 43.1. The molecular weight excluding hydrogens is 336 g/mol. The van der Waals surface area contributed by atoms with Crippen molar-refractivity contribution in [2.24, 2.45) is 11.8 Å². The zero-order valence-corrected chi connectivity index (χ0v) is 15.2. The Labute approximate surface area is 153 Å². The molecule has 2 N–H and O–H groups in total. The molecule has 0 radical (unpaired) electrons. The summed E-state index contributed by atoms with van der Waals surface area (Å²) in [7, 11) is 2.89. The van der Waals surface area contributed by atoms with Gasteiger partial charge in [0.1, 0.15) is 6.04 Å². The fourth-order valence-corrected chi connectivity index (χ4v) is 3.55. The predicted octanol–water partition coefficient (Wildman–Crippen LogP) is 1.62. The lowest BCUT2D eigenvalue weighted by Crippen LogP contribution is -2.52. The Morgan fingerprint density at radius 1 is 1.19 bits per heavy atom. The lowest BCUT2D eigenvalue weighted by atomic mass is 9.78. The lowest BCUT2D eigenvalue weighted by molar-refractivity contribution is -0.154. The van der Waals surface area contributed by atoms with E-state index < -0.39 is 29.8 Å². The molecule has 0 heterocycles. The van der Waals surface area contributed by atoms with E-state index in [1.807, 2.05) is 30.3 Å². The van der Waals surface area contributed by atoms with Crippen molar-refractivity contribution in [1.29, 1.82) is 0 Å². The molecule has 1 aliphatic carbocycles. The van der Waals surface area contributed by atoms with Gasteiger partial charge in [-0.3, -0.25) is 19.2 Å². The highest BCUT2D eigenvalue weighted by atomic mass is 16.6. The van der Waals surface area contributed by atoms with Crippen LogP contribution in [0.4, 0.5) is 0 Å². The number of nitrogens with zero attached hydrogens (tertiary/aromatic N) is 1. The van der Waals surface area contributed by atoms with Crippen LogP contribution in [0.2, 0.25) is 0 Å². The van der Waals surface area contributed by atoms with Crippen LogP contribution < -0.4 is 5.48 Å².